The van der Waals surface area contributed by atoms with Gasteiger partial charge >= 0.3 is 0 Å². The molecule has 1 saturated heterocycles. The molecular weight excluding hydrogens is 274 g/mol. The minimum absolute atomic E-state index is 0.265. The third-order valence-electron chi connectivity index (χ3n) is 4.55. The summed E-state index contributed by atoms with van der Waals surface area (Å²) in [4.78, 5) is 18.7. The van der Waals surface area contributed by atoms with E-state index in [1.54, 1.807) is 6.20 Å². The third-order valence-corrected chi connectivity index (χ3v) is 4.55. The molecule has 1 aromatic carbocycles. The molecule has 2 atom stereocenters. The fourth-order valence-electron chi connectivity index (χ4n) is 3.20. The SMILES string of the molecule is CC(CC(=O)N1CCC[C@H](n2ccnc2)C1)c1ccccc1. The van der Waals surface area contributed by atoms with E-state index in [0.717, 1.165) is 25.9 Å². The fraction of sp³-hybridized carbons (Fsp3) is 0.444. The fourth-order valence-corrected chi connectivity index (χ4v) is 3.20. The summed E-state index contributed by atoms with van der Waals surface area (Å²) in [5.74, 6) is 0.531. The summed E-state index contributed by atoms with van der Waals surface area (Å²) in [6.07, 6.45) is 8.41. The molecule has 1 amide bonds. The number of imidazole rings is 1. The monoisotopic (exact) mass is 297 g/mol. The van der Waals surface area contributed by atoms with Crippen molar-refractivity contribution >= 4 is 5.91 Å². The van der Waals surface area contributed by atoms with Gasteiger partial charge in [-0.2, -0.15) is 0 Å². The highest BCUT2D eigenvalue weighted by Crippen LogP contribution is 2.24. The molecule has 3 rings (SSSR count). The van der Waals surface area contributed by atoms with E-state index >= 15 is 0 Å². The van der Waals surface area contributed by atoms with Crippen molar-refractivity contribution in [2.45, 2.75) is 38.1 Å². The van der Waals surface area contributed by atoms with Gasteiger partial charge in [0.1, 0.15) is 0 Å². The van der Waals surface area contributed by atoms with E-state index in [1.807, 2.05) is 35.6 Å². The van der Waals surface area contributed by atoms with Gasteiger partial charge in [-0.25, -0.2) is 4.98 Å². The lowest BCUT2D eigenvalue weighted by Crippen LogP contribution is -2.40. The molecule has 0 aliphatic carbocycles. The topological polar surface area (TPSA) is 38.1 Å². The minimum atomic E-state index is 0.265. The van der Waals surface area contributed by atoms with Crippen LogP contribution < -0.4 is 0 Å². The van der Waals surface area contributed by atoms with E-state index in [2.05, 4.69) is 28.6 Å². The van der Waals surface area contributed by atoms with E-state index in [1.165, 1.54) is 5.56 Å². The van der Waals surface area contributed by atoms with Gasteiger partial charge in [0.25, 0.3) is 0 Å². The van der Waals surface area contributed by atoms with Gasteiger partial charge in [0.2, 0.25) is 5.91 Å². The van der Waals surface area contributed by atoms with Crippen LogP contribution in [0.2, 0.25) is 0 Å². The normalized spacial score (nSPS) is 19.9. The average Bonchev–Trinajstić information content (AvgIpc) is 3.10. The largest absolute Gasteiger partial charge is 0.341 e. The van der Waals surface area contributed by atoms with E-state index in [9.17, 15) is 4.79 Å². The van der Waals surface area contributed by atoms with Crippen LogP contribution in [-0.4, -0.2) is 33.4 Å². The van der Waals surface area contributed by atoms with Crippen LogP contribution >= 0.6 is 0 Å². The number of likely N-dealkylation sites (tertiary alicyclic amines) is 1. The first-order valence-corrected chi connectivity index (χ1v) is 8.04. The smallest absolute Gasteiger partial charge is 0.223 e. The maximum atomic E-state index is 12.6. The number of benzene rings is 1. The van der Waals surface area contributed by atoms with Crippen LogP contribution in [0.25, 0.3) is 0 Å². The van der Waals surface area contributed by atoms with E-state index < -0.39 is 0 Å². The summed E-state index contributed by atoms with van der Waals surface area (Å²) >= 11 is 0. The first-order valence-electron chi connectivity index (χ1n) is 8.04. The van der Waals surface area contributed by atoms with Crippen molar-refractivity contribution in [3.8, 4) is 0 Å². The molecular formula is C18H23N3O. The zero-order chi connectivity index (χ0) is 15.4. The van der Waals surface area contributed by atoms with Crippen molar-refractivity contribution in [3.05, 3.63) is 54.6 Å². The quantitative estimate of drug-likeness (QED) is 0.869. The second kappa shape index (κ2) is 6.77. The molecule has 4 nitrogen and oxygen atoms in total. The van der Waals surface area contributed by atoms with Crippen LogP contribution in [0.4, 0.5) is 0 Å². The predicted molar refractivity (Wildman–Crippen MR) is 86.6 cm³/mol. The second-order valence-electron chi connectivity index (χ2n) is 6.16. The zero-order valence-corrected chi connectivity index (χ0v) is 13.1. The summed E-state index contributed by atoms with van der Waals surface area (Å²) in [5, 5.41) is 0. The number of carbonyl (C=O) groups excluding carboxylic acids is 1. The molecule has 1 aliphatic heterocycles. The maximum Gasteiger partial charge on any atom is 0.223 e. The number of amides is 1. The molecule has 1 unspecified atom stereocenters. The van der Waals surface area contributed by atoms with Crippen molar-refractivity contribution in [3.63, 3.8) is 0 Å². The highest BCUT2D eigenvalue weighted by Gasteiger charge is 2.25. The number of carbonyl (C=O) groups is 1. The Morgan fingerprint density at radius 1 is 1.36 bits per heavy atom. The van der Waals surface area contributed by atoms with Gasteiger partial charge in [0.15, 0.2) is 0 Å². The first kappa shape index (κ1) is 14.8. The molecule has 2 aromatic rings. The van der Waals surface area contributed by atoms with Gasteiger partial charge < -0.3 is 9.47 Å². The molecule has 2 heterocycles. The lowest BCUT2D eigenvalue weighted by Gasteiger charge is -2.34. The van der Waals surface area contributed by atoms with Crippen molar-refractivity contribution < 1.29 is 4.79 Å². The first-order chi connectivity index (χ1) is 10.7. The average molecular weight is 297 g/mol. The van der Waals surface area contributed by atoms with Gasteiger partial charge in [-0.15, -0.1) is 0 Å². The molecule has 1 aliphatic rings. The Labute approximate surface area is 131 Å². The van der Waals surface area contributed by atoms with Gasteiger partial charge in [-0.05, 0) is 24.3 Å². The number of nitrogens with zero attached hydrogens (tertiary/aromatic N) is 3. The summed E-state index contributed by atoms with van der Waals surface area (Å²) in [6, 6.07) is 10.6. The Morgan fingerprint density at radius 2 is 2.18 bits per heavy atom. The zero-order valence-electron chi connectivity index (χ0n) is 13.1. The van der Waals surface area contributed by atoms with Gasteiger partial charge in [0.05, 0.1) is 12.4 Å². The van der Waals surface area contributed by atoms with Crippen LogP contribution in [0.3, 0.4) is 0 Å². The number of hydrogen-bond acceptors (Lipinski definition) is 2. The molecule has 0 radical (unpaired) electrons. The number of rotatable bonds is 4. The molecule has 0 N–H and O–H groups in total. The third kappa shape index (κ3) is 3.38. The summed E-state index contributed by atoms with van der Waals surface area (Å²) < 4.78 is 2.13. The Kier molecular flexibility index (Phi) is 4.56. The standard InChI is InChI=1S/C18H23N3O/c1-15(16-6-3-2-4-7-16)12-18(22)20-10-5-8-17(13-20)21-11-9-19-14-21/h2-4,6-7,9,11,14-15,17H,5,8,10,12-13H2,1H3/t15?,17-/m0/s1. The molecule has 22 heavy (non-hydrogen) atoms. The lowest BCUT2D eigenvalue weighted by molar-refractivity contribution is -0.133. The van der Waals surface area contributed by atoms with Crippen molar-refractivity contribution in [1.29, 1.82) is 0 Å². The van der Waals surface area contributed by atoms with Crippen molar-refractivity contribution in [2.75, 3.05) is 13.1 Å². The van der Waals surface area contributed by atoms with Crippen molar-refractivity contribution in [1.82, 2.24) is 14.5 Å². The van der Waals surface area contributed by atoms with Gasteiger partial charge in [0, 0.05) is 31.9 Å². The van der Waals surface area contributed by atoms with E-state index in [4.69, 9.17) is 0 Å². The molecule has 1 fully saturated rings. The van der Waals surface area contributed by atoms with Crippen LogP contribution in [0.1, 0.15) is 43.7 Å². The highest BCUT2D eigenvalue weighted by molar-refractivity contribution is 5.77. The summed E-state index contributed by atoms with van der Waals surface area (Å²) in [7, 11) is 0. The van der Waals surface area contributed by atoms with Crippen LogP contribution in [0, 0.1) is 0 Å². The minimum Gasteiger partial charge on any atom is -0.341 e. The molecule has 1 aromatic heterocycles. The molecule has 0 spiro atoms. The van der Waals surface area contributed by atoms with Gasteiger partial charge in [-0.3, -0.25) is 4.79 Å². The Bertz CT molecular complexity index is 594. The van der Waals surface area contributed by atoms with Crippen molar-refractivity contribution in [2.24, 2.45) is 0 Å². The predicted octanol–water partition coefficient (Wildman–Crippen LogP) is 3.24. The summed E-state index contributed by atoms with van der Waals surface area (Å²) in [6.45, 7) is 3.81. The molecule has 0 saturated carbocycles. The Hall–Kier alpha value is -2.10. The number of aromatic nitrogens is 2. The highest BCUT2D eigenvalue weighted by atomic mass is 16.2. The Balaban J connectivity index is 1.60. The Morgan fingerprint density at radius 3 is 2.91 bits per heavy atom. The summed E-state index contributed by atoms with van der Waals surface area (Å²) in [5.41, 5.74) is 1.24. The van der Waals surface area contributed by atoms with Gasteiger partial charge in [-0.1, -0.05) is 37.3 Å². The maximum absolute atomic E-state index is 12.6. The van der Waals surface area contributed by atoms with E-state index in [0.29, 0.717) is 12.5 Å². The van der Waals surface area contributed by atoms with E-state index in [-0.39, 0.29) is 11.8 Å². The second-order valence-corrected chi connectivity index (χ2v) is 6.16. The molecule has 0 bridgehead atoms. The number of hydrogen-bond donors (Lipinski definition) is 0. The molecule has 4 heteroatoms. The van der Waals surface area contributed by atoms with Crippen LogP contribution in [-0.2, 0) is 4.79 Å². The van der Waals surface area contributed by atoms with Crippen LogP contribution in [0.5, 0.6) is 0 Å². The van der Waals surface area contributed by atoms with Crippen LogP contribution in [0.15, 0.2) is 49.1 Å². The lowest BCUT2D eigenvalue weighted by atomic mass is 9.96. The molecule has 116 valence electrons. The number of piperidine rings is 1.